The molecule has 2 N–H and O–H groups in total. The molecule has 2 aromatic heterocycles. The van der Waals surface area contributed by atoms with E-state index in [4.69, 9.17) is 0 Å². The Balaban J connectivity index is 2.01. The first kappa shape index (κ1) is 13.0. The molecule has 1 unspecified atom stereocenters. The number of aromatic nitrogens is 4. The van der Waals surface area contributed by atoms with Crippen molar-refractivity contribution in [2.45, 2.75) is 25.9 Å². The monoisotopic (exact) mass is 261 g/mol. The minimum absolute atomic E-state index is 0.0517. The summed E-state index contributed by atoms with van der Waals surface area (Å²) >= 11 is 0. The van der Waals surface area contributed by atoms with Crippen molar-refractivity contribution < 1.29 is 4.79 Å². The van der Waals surface area contributed by atoms with E-state index in [0.717, 1.165) is 0 Å². The Morgan fingerprint density at radius 3 is 2.95 bits per heavy atom. The summed E-state index contributed by atoms with van der Waals surface area (Å²) in [6, 6.07) is 1.42. The molecule has 0 saturated carbocycles. The van der Waals surface area contributed by atoms with Crippen LogP contribution in [0.4, 0.5) is 0 Å². The van der Waals surface area contributed by atoms with E-state index in [1.165, 1.54) is 17.0 Å². The zero-order valence-corrected chi connectivity index (χ0v) is 10.5. The molecule has 2 rings (SSSR count). The molecule has 0 saturated heterocycles. The number of carbonyl (C=O) groups is 1. The molecule has 7 heteroatoms. The van der Waals surface area contributed by atoms with Crippen LogP contribution < -0.4 is 11.0 Å². The Hall–Kier alpha value is -2.44. The van der Waals surface area contributed by atoms with Crippen LogP contribution in [0.1, 0.15) is 25.2 Å². The number of nitrogens with zero attached hydrogens (tertiary/aromatic N) is 3. The summed E-state index contributed by atoms with van der Waals surface area (Å²) in [6.45, 7) is 1.90. The van der Waals surface area contributed by atoms with Gasteiger partial charge < -0.3 is 10.3 Å². The van der Waals surface area contributed by atoms with Gasteiger partial charge in [-0.05, 0) is 12.5 Å². The average Bonchev–Trinajstić information content (AvgIpc) is 2.92. The number of hydrogen-bond donors (Lipinski definition) is 2. The van der Waals surface area contributed by atoms with Crippen LogP contribution in [0.5, 0.6) is 0 Å². The number of rotatable bonds is 5. The lowest BCUT2D eigenvalue weighted by atomic mass is 10.2. The fourth-order valence-electron chi connectivity index (χ4n) is 1.73. The topological polar surface area (TPSA) is 92.7 Å². The van der Waals surface area contributed by atoms with Gasteiger partial charge in [0.25, 0.3) is 0 Å². The average molecular weight is 261 g/mol. The SMILES string of the molecule is CCC(NC(=O)Cn1cccnc1=O)c1ncc[nH]1. The first-order valence-electron chi connectivity index (χ1n) is 6.00. The molecule has 1 amide bonds. The number of nitrogens with one attached hydrogen (secondary N) is 2. The third-order valence-corrected chi connectivity index (χ3v) is 2.69. The van der Waals surface area contributed by atoms with E-state index in [-0.39, 0.29) is 18.5 Å². The molecule has 0 fully saturated rings. The molecule has 100 valence electrons. The maximum Gasteiger partial charge on any atom is 0.347 e. The van der Waals surface area contributed by atoms with Crippen LogP contribution in [-0.4, -0.2) is 25.4 Å². The molecule has 0 radical (unpaired) electrons. The molecule has 2 heterocycles. The zero-order chi connectivity index (χ0) is 13.7. The lowest BCUT2D eigenvalue weighted by Gasteiger charge is -2.14. The van der Waals surface area contributed by atoms with Crippen LogP contribution in [0.2, 0.25) is 0 Å². The Labute approximate surface area is 109 Å². The fraction of sp³-hybridized carbons (Fsp3) is 0.333. The van der Waals surface area contributed by atoms with Crippen molar-refractivity contribution in [2.75, 3.05) is 0 Å². The van der Waals surface area contributed by atoms with Gasteiger partial charge >= 0.3 is 5.69 Å². The normalized spacial score (nSPS) is 12.1. The largest absolute Gasteiger partial charge is 0.347 e. The summed E-state index contributed by atoms with van der Waals surface area (Å²) in [4.78, 5) is 33.9. The molecular weight excluding hydrogens is 246 g/mol. The van der Waals surface area contributed by atoms with E-state index in [0.29, 0.717) is 12.2 Å². The molecule has 0 aromatic carbocycles. The number of aromatic amines is 1. The zero-order valence-electron chi connectivity index (χ0n) is 10.5. The van der Waals surface area contributed by atoms with Crippen molar-refractivity contribution in [1.29, 1.82) is 0 Å². The second-order valence-corrected chi connectivity index (χ2v) is 4.03. The highest BCUT2D eigenvalue weighted by molar-refractivity contribution is 5.76. The van der Waals surface area contributed by atoms with Gasteiger partial charge in [0.15, 0.2) is 0 Å². The summed E-state index contributed by atoms with van der Waals surface area (Å²) < 4.78 is 1.25. The smallest absolute Gasteiger partial charge is 0.347 e. The van der Waals surface area contributed by atoms with Crippen molar-refractivity contribution in [3.8, 4) is 0 Å². The van der Waals surface area contributed by atoms with Crippen LogP contribution in [0.15, 0.2) is 35.6 Å². The molecule has 7 nitrogen and oxygen atoms in total. The third kappa shape index (κ3) is 3.27. The minimum atomic E-state index is -0.441. The van der Waals surface area contributed by atoms with E-state index >= 15 is 0 Å². The number of H-pyrrole nitrogens is 1. The van der Waals surface area contributed by atoms with Crippen LogP contribution >= 0.6 is 0 Å². The second-order valence-electron chi connectivity index (χ2n) is 4.03. The van der Waals surface area contributed by atoms with Crippen molar-refractivity contribution in [3.05, 3.63) is 47.2 Å². The molecular formula is C12H15N5O2. The van der Waals surface area contributed by atoms with Gasteiger partial charge in [-0.1, -0.05) is 6.92 Å². The molecule has 0 aliphatic rings. The van der Waals surface area contributed by atoms with Gasteiger partial charge in [-0.3, -0.25) is 9.36 Å². The summed E-state index contributed by atoms with van der Waals surface area (Å²) in [5.41, 5.74) is -0.441. The number of amides is 1. The first-order valence-corrected chi connectivity index (χ1v) is 6.00. The van der Waals surface area contributed by atoms with Crippen LogP contribution in [0.25, 0.3) is 0 Å². The number of carbonyl (C=O) groups excluding carboxylic acids is 1. The van der Waals surface area contributed by atoms with Crippen molar-refractivity contribution in [1.82, 2.24) is 24.8 Å². The van der Waals surface area contributed by atoms with Gasteiger partial charge in [-0.2, -0.15) is 0 Å². The molecule has 0 aliphatic carbocycles. The second kappa shape index (κ2) is 5.94. The summed E-state index contributed by atoms with van der Waals surface area (Å²) in [6.07, 6.45) is 6.98. The lowest BCUT2D eigenvalue weighted by Crippen LogP contribution is -2.35. The van der Waals surface area contributed by atoms with E-state index in [1.807, 2.05) is 6.92 Å². The van der Waals surface area contributed by atoms with Crippen molar-refractivity contribution >= 4 is 5.91 Å². The van der Waals surface area contributed by atoms with E-state index in [9.17, 15) is 9.59 Å². The van der Waals surface area contributed by atoms with Crippen LogP contribution in [0, 0.1) is 0 Å². The fourth-order valence-corrected chi connectivity index (χ4v) is 1.73. The van der Waals surface area contributed by atoms with Gasteiger partial charge in [-0.15, -0.1) is 0 Å². The van der Waals surface area contributed by atoms with Gasteiger partial charge in [0.05, 0.1) is 6.04 Å². The predicted octanol–water partition coefficient (Wildman–Crippen LogP) is 0.234. The Kier molecular flexibility index (Phi) is 4.07. The summed E-state index contributed by atoms with van der Waals surface area (Å²) in [7, 11) is 0. The summed E-state index contributed by atoms with van der Waals surface area (Å²) in [5, 5.41) is 2.82. The van der Waals surface area contributed by atoms with E-state index < -0.39 is 5.69 Å². The van der Waals surface area contributed by atoms with Crippen LogP contribution in [-0.2, 0) is 11.3 Å². The van der Waals surface area contributed by atoms with Crippen molar-refractivity contribution in [3.63, 3.8) is 0 Å². The molecule has 0 spiro atoms. The first-order chi connectivity index (χ1) is 9.20. The quantitative estimate of drug-likeness (QED) is 0.806. The molecule has 0 bridgehead atoms. The number of hydrogen-bond acceptors (Lipinski definition) is 4. The third-order valence-electron chi connectivity index (χ3n) is 2.69. The van der Waals surface area contributed by atoms with E-state index in [2.05, 4.69) is 20.3 Å². The highest BCUT2D eigenvalue weighted by atomic mass is 16.2. The molecule has 1 atom stereocenters. The van der Waals surface area contributed by atoms with Gasteiger partial charge in [0.1, 0.15) is 12.4 Å². The standard InChI is InChI=1S/C12H15N5O2/c1-2-9(11-13-5-6-14-11)16-10(18)8-17-7-3-4-15-12(17)19/h3-7,9H,2,8H2,1H3,(H,13,14)(H,16,18). The molecule has 2 aromatic rings. The van der Waals surface area contributed by atoms with E-state index in [1.54, 1.807) is 18.5 Å². The highest BCUT2D eigenvalue weighted by Crippen LogP contribution is 2.10. The summed E-state index contributed by atoms with van der Waals surface area (Å²) in [5.74, 6) is 0.452. The van der Waals surface area contributed by atoms with Gasteiger partial charge in [0, 0.05) is 24.8 Å². The Bertz CT molecular complexity index is 590. The van der Waals surface area contributed by atoms with Crippen LogP contribution in [0.3, 0.4) is 0 Å². The van der Waals surface area contributed by atoms with Crippen molar-refractivity contribution in [2.24, 2.45) is 0 Å². The minimum Gasteiger partial charge on any atom is -0.347 e. The Morgan fingerprint density at radius 1 is 1.47 bits per heavy atom. The maximum atomic E-state index is 11.9. The molecule has 0 aliphatic heterocycles. The van der Waals surface area contributed by atoms with Gasteiger partial charge in [-0.25, -0.2) is 14.8 Å². The maximum absolute atomic E-state index is 11.9. The molecule has 19 heavy (non-hydrogen) atoms. The highest BCUT2D eigenvalue weighted by Gasteiger charge is 2.15. The predicted molar refractivity (Wildman–Crippen MR) is 68.3 cm³/mol. The number of imidazole rings is 1. The van der Waals surface area contributed by atoms with Gasteiger partial charge in [0.2, 0.25) is 5.91 Å². The lowest BCUT2D eigenvalue weighted by molar-refractivity contribution is -0.122. The Morgan fingerprint density at radius 2 is 2.32 bits per heavy atom.